The zero-order valence-corrected chi connectivity index (χ0v) is 13.7. The highest BCUT2D eigenvalue weighted by Gasteiger charge is 2.32. The average Bonchev–Trinajstić information content (AvgIpc) is 3.24. The highest BCUT2D eigenvalue weighted by atomic mass is 32.1. The van der Waals surface area contributed by atoms with Crippen molar-refractivity contribution < 1.29 is 9.53 Å². The van der Waals surface area contributed by atoms with Crippen LogP contribution in [0, 0.1) is 11.8 Å². The number of esters is 1. The van der Waals surface area contributed by atoms with Crippen molar-refractivity contribution in [2.75, 3.05) is 18.5 Å². The van der Waals surface area contributed by atoms with Gasteiger partial charge in [-0.2, -0.15) is 0 Å². The van der Waals surface area contributed by atoms with E-state index in [0.717, 1.165) is 42.6 Å². The first-order chi connectivity index (χ1) is 10.2. The Morgan fingerprint density at radius 2 is 2.29 bits per heavy atom. The fraction of sp³-hybridized carbons (Fsp3) is 0.750. The first kappa shape index (κ1) is 14.8. The van der Waals surface area contributed by atoms with Crippen molar-refractivity contribution in [1.82, 2.24) is 4.98 Å². The van der Waals surface area contributed by atoms with Crippen LogP contribution in [0.4, 0.5) is 5.13 Å². The molecule has 21 heavy (non-hydrogen) atoms. The van der Waals surface area contributed by atoms with Gasteiger partial charge in [0.25, 0.3) is 0 Å². The van der Waals surface area contributed by atoms with Crippen LogP contribution in [0.1, 0.15) is 56.0 Å². The van der Waals surface area contributed by atoms with Crippen LogP contribution >= 0.6 is 11.3 Å². The Labute approximate surface area is 130 Å². The molecule has 0 radical (unpaired) electrons. The number of carbonyl (C=O) groups is 1. The van der Waals surface area contributed by atoms with Crippen molar-refractivity contribution in [3.8, 4) is 0 Å². The average molecular weight is 308 g/mol. The molecule has 1 fully saturated rings. The second kappa shape index (κ2) is 6.34. The first-order valence-corrected chi connectivity index (χ1v) is 8.90. The third-order valence-electron chi connectivity index (χ3n) is 4.53. The lowest BCUT2D eigenvalue weighted by molar-refractivity contribution is -0.145. The van der Waals surface area contributed by atoms with Gasteiger partial charge in [-0.1, -0.05) is 6.92 Å². The summed E-state index contributed by atoms with van der Waals surface area (Å²) in [7, 11) is 0. The molecular formula is C16H24N2O2S. The SMILES string of the molecule is CCOC(=O)C1CCCc2sc(NCC(C)C3CC3)nc21. The number of nitrogens with one attached hydrogen (secondary N) is 1. The molecule has 0 saturated heterocycles. The molecule has 3 rings (SSSR count). The molecule has 0 aliphatic heterocycles. The molecule has 1 N–H and O–H groups in total. The van der Waals surface area contributed by atoms with Gasteiger partial charge in [-0.15, -0.1) is 11.3 Å². The Balaban J connectivity index is 1.66. The summed E-state index contributed by atoms with van der Waals surface area (Å²) in [5.41, 5.74) is 0.964. The summed E-state index contributed by atoms with van der Waals surface area (Å²) in [6.45, 7) is 5.59. The van der Waals surface area contributed by atoms with E-state index in [-0.39, 0.29) is 11.9 Å². The van der Waals surface area contributed by atoms with Gasteiger partial charge in [0, 0.05) is 11.4 Å². The highest BCUT2D eigenvalue weighted by molar-refractivity contribution is 7.15. The van der Waals surface area contributed by atoms with Crippen molar-refractivity contribution in [2.24, 2.45) is 11.8 Å². The Morgan fingerprint density at radius 3 is 3.00 bits per heavy atom. The Hall–Kier alpha value is -1.10. The number of rotatable bonds is 6. The summed E-state index contributed by atoms with van der Waals surface area (Å²) in [5, 5.41) is 4.45. The Bertz CT molecular complexity index is 510. The predicted molar refractivity (Wildman–Crippen MR) is 84.8 cm³/mol. The highest BCUT2D eigenvalue weighted by Crippen LogP contribution is 2.39. The minimum Gasteiger partial charge on any atom is -0.465 e. The van der Waals surface area contributed by atoms with Gasteiger partial charge in [0.2, 0.25) is 0 Å². The third kappa shape index (κ3) is 3.39. The van der Waals surface area contributed by atoms with Crippen LogP contribution in [0.5, 0.6) is 0 Å². The van der Waals surface area contributed by atoms with E-state index < -0.39 is 0 Å². The second-order valence-corrected chi connectivity index (χ2v) is 7.30. The third-order valence-corrected chi connectivity index (χ3v) is 5.62. The number of fused-ring (bicyclic) bond motifs is 1. The zero-order chi connectivity index (χ0) is 14.8. The maximum Gasteiger partial charge on any atom is 0.315 e. The Morgan fingerprint density at radius 1 is 1.48 bits per heavy atom. The number of aryl methyl sites for hydroxylation is 1. The maximum atomic E-state index is 12.1. The molecule has 0 aromatic carbocycles. The smallest absolute Gasteiger partial charge is 0.315 e. The van der Waals surface area contributed by atoms with Gasteiger partial charge in [-0.25, -0.2) is 4.98 Å². The van der Waals surface area contributed by atoms with Crippen LogP contribution in [0.3, 0.4) is 0 Å². The number of aromatic nitrogens is 1. The molecular weight excluding hydrogens is 284 g/mol. The number of anilines is 1. The van der Waals surface area contributed by atoms with Crippen molar-refractivity contribution in [3.63, 3.8) is 0 Å². The fourth-order valence-corrected chi connectivity index (χ4v) is 4.12. The molecule has 2 aliphatic carbocycles. The standard InChI is InChI=1S/C16H24N2O2S/c1-3-20-15(19)12-5-4-6-13-14(12)18-16(21-13)17-9-10(2)11-7-8-11/h10-12H,3-9H2,1-2H3,(H,17,18). The van der Waals surface area contributed by atoms with E-state index in [9.17, 15) is 4.79 Å². The Kier molecular flexibility index (Phi) is 4.48. The van der Waals surface area contributed by atoms with E-state index >= 15 is 0 Å². The molecule has 2 atom stereocenters. The topological polar surface area (TPSA) is 51.2 Å². The lowest BCUT2D eigenvalue weighted by Crippen LogP contribution is -2.20. The summed E-state index contributed by atoms with van der Waals surface area (Å²) in [6, 6.07) is 0. The van der Waals surface area contributed by atoms with Crippen LogP contribution in [0.25, 0.3) is 0 Å². The van der Waals surface area contributed by atoms with Crippen molar-refractivity contribution in [2.45, 2.75) is 51.9 Å². The van der Waals surface area contributed by atoms with E-state index in [4.69, 9.17) is 9.72 Å². The molecule has 0 bridgehead atoms. The number of nitrogens with zero attached hydrogens (tertiary/aromatic N) is 1. The van der Waals surface area contributed by atoms with Gasteiger partial charge < -0.3 is 10.1 Å². The maximum absolute atomic E-state index is 12.1. The minimum atomic E-state index is -0.152. The van der Waals surface area contributed by atoms with Crippen LogP contribution in [-0.4, -0.2) is 24.1 Å². The molecule has 1 heterocycles. The van der Waals surface area contributed by atoms with E-state index in [2.05, 4.69) is 12.2 Å². The fourth-order valence-electron chi connectivity index (χ4n) is 3.05. The zero-order valence-electron chi connectivity index (χ0n) is 12.9. The molecule has 4 nitrogen and oxygen atoms in total. The largest absolute Gasteiger partial charge is 0.465 e. The van der Waals surface area contributed by atoms with E-state index in [1.54, 1.807) is 11.3 Å². The van der Waals surface area contributed by atoms with Gasteiger partial charge >= 0.3 is 5.97 Å². The van der Waals surface area contributed by atoms with Gasteiger partial charge in [0.15, 0.2) is 5.13 Å². The summed E-state index contributed by atoms with van der Waals surface area (Å²) in [4.78, 5) is 18.0. The summed E-state index contributed by atoms with van der Waals surface area (Å²) >= 11 is 1.72. The van der Waals surface area contributed by atoms with Crippen molar-refractivity contribution in [3.05, 3.63) is 10.6 Å². The summed E-state index contributed by atoms with van der Waals surface area (Å²) in [6.07, 6.45) is 5.72. The minimum absolute atomic E-state index is 0.110. The van der Waals surface area contributed by atoms with Gasteiger partial charge in [0.1, 0.15) is 5.92 Å². The monoisotopic (exact) mass is 308 g/mol. The molecule has 2 aliphatic rings. The van der Waals surface area contributed by atoms with E-state index in [1.165, 1.54) is 17.7 Å². The van der Waals surface area contributed by atoms with Gasteiger partial charge in [0.05, 0.1) is 12.3 Å². The summed E-state index contributed by atoms with van der Waals surface area (Å²) in [5.74, 6) is 1.36. The number of ether oxygens (including phenoxy) is 1. The molecule has 0 amide bonds. The molecule has 0 spiro atoms. The van der Waals surface area contributed by atoms with Crippen molar-refractivity contribution >= 4 is 22.4 Å². The van der Waals surface area contributed by atoms with Gasteiger partial charge in [-0.05, 0) is 50.9 Å². The first-order valence-electron chi connectivity index (χ1n) is 8.09. The molecule has 1 aromatic heterocycles. The van der Waals surface area contributed by atoms with E-state index in [0.29, 0.717) is 12.5 Å². The molecule has 1 saturated carbocycles. The van der Waals surface area contributed by atoms with E-state index in [1.807, 2.05) is 6.92 Å². The predicted octanol–water partition coefficient (Wildman–Crippen LogP) is 3.58. The lowest BCUT2D eigenvalue weighted by atomic mass is 9.91. The second-order valence-electron chi connectivity index (χ2n) is 6.22. The van der Waals surface area contributed by atoms with Crippen molar-refractivity contribution in [1.29, 1.82) is 0 Å². The lowest BCUT2D eigenvalue weighted by Gasteiger charge is -2.19. The quantitative estimate of drug-likeness (QED) is 0.816. The van der Waals surface area contributed by atoms with Crippen LogP contribution < -0.4 is 5.32 Å². The molecule has 2 unspecified atom stereocenters. The molecule has 5 heteroatoms. The number of thiazole rings is 1. The number of carbonyl (C=O) groups excluding carboxylic acids is 1. The van der Waals surface area contributed by atoms with Crippen LogP contribution in [-0.2, 0) is 16.0 Å². The van der Waals surface area contributed by atoms with Gasteiger partial charge in [-0.3, -0.25) is 4.79 Å². The molecule has 1 aromatic rings. The number of hydrogen-bond acceptors (Lipinski definition) is 5. The van der Waals surface area contributed by atoms with Crippen LogP contribution in [0.2, 0.25) is 0 Å². The molecule has 116 valence electrons. The normalized spacial score (nSPS) is 22.5. The summed E-state index contributed by atoms with van der Waals surface area (Å²) < 4.78 is 5.19. The van der Waals surface area contributed by atoms with Crippen LogP contribution in [0.15, 0.2) is 0 Å². The number of hydrogen-bond donors (Lipinski definition) is 1.